The second kappa shape index (κ2) is 7.31. The van der Waals surface area contributed by atoms with Gasteiger partial charge in [0, 0.05) is 5.75 Å². The summed E-state index contributed by atoms with van der Waals surface area (Å²) < 4.78 is 11.8. The largest absolute Gasteiger partial charge is 0.394 e. The van der Waals surface area contributed by atoms with Crippen LogP contribution >= 0.6 is 11.8 Å². The number of aliphatic hydroxyl groups excluding tert-OH is 3. The van der Waals surface area contributed by atoms with Gasteiger partial charge in [-0.15, -0.1) is 0 Å². The van der Waals surface area contributed by atoms with Gasteiger partial charge in [0.15, 0.2) is 11.9 Å². The molecule has 5 rings (SSSR count). The van der Waals surface area contributed by atoms with E-state index in [1.165, 1.54) is 29.0 Å². The minimum absolute atomic E-state index is 0.400. The highest BCUT2D eigenvalue weighted by atomic mass is 32.2. The van der Waals surface area contributed by atoms with Crippen molar-refractivity contribution in [2.45, 2.75) is 35.3 Å². The Morgan fingerprint density at radius 2 is 1.93 bits per heavy atom. The van der Waals surface area contributed by atoms with Gasteiger partial charge in [-0.1, -0.05) is 17.8 Å². The van der Waals surface area contributed by atoms with Gasteiger partial charge >= 0.3 is 0 Å². The monoisotopic (exact) mass is 416 g/mol. The van der Waals surface area contributed by atoms with Crippen LogP contribution in [0.15, 0.2) is 40.5 Å². The average Bonchev–Trinajstić information content (AvgIpc) is 3.44. The second-order valence-corrected chi connectivity index (χ2v) is 7.57. The number of nitrogens with zero attached hydrogens (tertiary/aromatic N) is 6. The van der Waals surface area contributed by atoms with Gasteiger partial charge in [0.25, 0.3) is 0 Å². The van der Waals surface area contributed by atoms with Gasteiger partial charge in [0.2, 0.25) is 0 Å². The predicted molar refractivity (Wildman–Crippen MR) is 99.7 cm³/mol. The lowest BCUT2D eigenvalue weighted by atomic mass is 10.1. The molecule has 150 valence electrons. The first-order chi connectivity index (χ1) is 14.2. The van der Waals surface area contributed by atoms with Crippen LogP contribution in [0, 0.1) is 0 Å². The quantitative estimate of drug-likeness (QED) is 0.303. The van der Waals surface area contributed by atoms with E-state index in [2.05, 4.69) is 25.3 Å². The van der Waals surface area contributed by atoms with Crippen LogP contribution in [0.4, 0.5) is 0 Å². The molecule has 1 aliphatic heterocycles. The van der Waals surface area contributed by atoms with Gasteiger partial charge in [-0.25, -0.2) is 19.6 Å². The van der Waals surface area contributed by atoms with Gasteiger partial charge in [-0.2, -0.15) is 0 Å². The van der Waals surface area contributed by atoms with Crippen molar-refractivity contribution in [1.82, 2.24) is 29.8 Å². The Morgan fingerprint density at radius 3 is 2.76 bits per heavy atom. The molecule has 11 nitrogen and oxygen atoms in total. The number of hydrogen-bond acceptors (Lipinski definition) is 11. The van der Waals surface area contributed by atoms with Crippen LogP contribution in [0.2, 0.25) is 0 Å². The van der Waals surface area contributed by atoms with Crippen molar-refractivity contribution in [1.29, 1.82) is 0 Å². The maximum absolute atomic E-state index is 10.3. The van der Waals surface area contributed by atoms with E-state index < -0.39 is 31.1 Å². The highest BCUT2D eigenvalue weighted by molar-refractivity contribution is 7.98. The molecular weight excluding hydrogens is 400 g/mol. The van der Waals surface area contributed by atoms with Crippen LogP contribution < -0.4 is 0 Å². The number of thioether (sulfide) groups is 1. The van der Waals surface area contributed by atoms with Crippen molar-refractivity contribution >= 4 is 34.0 Å². The first kappa shape index (κ1) is 18.4. The number of hydrogen-bond donors (Lipinski definition) is 3. The molecule has 0 spiro atoms. The maximum atomic E-state index is 10.3. The molecule has 4 aromatic rings. The Labute approximate surface area is 167 Å². The Hall–Kier alpha value is -2.64. The van der Waals surface area contributed by atoms with Crippen molar-refractivity contribution in [3.8, 4) is 0 Å². The number of fused-ring (bicyclic) bond motifs is 2. The van der Waals surface area contributed by atoms with E-state index in [1.807, 2.05) is 18.2 Å². The molecule has 4 heterocycles. The number of benzene rings is 1. The zero-order chi connectivity index (χ0) is 20.0. The van der Waals surface area contributed by atoms with Gasteiger partial charge < -0.3 is 20.1 Å². The molecule has 4 unspecified atom stereocenters. The number of rotatable bonds is 5. The van der Waals surface area contributed by atoms with Gasteiger partial charge in [0.1, 0.15) is 46.2 Å². The summed E-state index contributed by atoms with van der Waals surface area (Å²) in [5, 5.41) is 37.9. The van der Waals surface area contributed by atoms with E-state index in [-0.39, 0.29) is 0 Å². The minimum Gasteiger partial charge on any atom is -0.394 e. The molecule has 4 atom stereocenters. The molecular formula is C17H16N6O5S. The third-order valence-electron chi connectivity index (χ3n) is 4.81. The summed E-state index contributed by atoms with van der Waals surface area (Å²) in [5.74, 6) is 0.621. The Bertz CT molecular complexity index is 1170. The van der Waals surface area contributed by atoms with Crippen LogP contribution in [0.3, 0.4) is 0 Å². The number of aromatic nitrogens is 6. The molecule has 1 fully saturated rings. The fourth-order valence-electron chi connectivity index (χ4n) is 3.30. The van der Waals surface area contributed by atoms with Gasteiger partial charge in [-0.3, -0.25) is 4.57 Å². The summed E-state index contributed by atoms with van der Waals surface area (Å²) in [7, 11) is 0. The molecule has 29 heavy (non-hydrogen) atoms. The number of aliphatic hydroxyl groups is 3. The number of ether oxygens (including phenoxy) is 1. The SMILES string of the molecule is OCC1OC(n2cnc3c(SCc4ccc5nonc5c4)ncnc32)C(O)C1O. The number of imidazole rings is 1. The summed E-state index contributed by atoms with van der Waals surface area (Å²) in [6.45, 7) is -0.400. The summed E-state index contributed by atoms with van der Waals surface area (Å²) in [6, 6.07) is 5.68. The molecule has 1 aliphatic rings. The van der Waals surface area contributed by atoms with Crippen LogP contribution in [0.5, 0.6) is 0 Å². The van der Waals surface area contributed by atoms with E-state index in [0.717, 1.165) is 5.56 Å². The molecule has 3 aromatic heterocycles. The lowest BCUT2D eigenvalue weighted by molar-refractivity contribution is -0.0511. The zero-order valence-electron chi connectivity index (χ0n) is 14.9. The molecule has 12 heteroatoms. The molecule has 0 radical (unpaired) electrons. The van der Waals surface area contributed by atoms with E-state index in [9.17, 15) is 15.3 Å². The van der Waals surface area contributed by atoms with Crippen LogP contribution in [-0.2, 0) is 10.5 Å². The summed E-state index contributed by atoms with van der Waals surface area (Å²) >= 11 is 1.48. The normalized spacial score (nSPS) is 24.7. The standard InChI is InChI=1S/C17H16N6O5S/c24-4-11-13(25)14(26)17(27-11)23-7-20-12-15(23)18-6-19-16(12)29-5-8-1-2-9-10(3-8)22-28-21-9/h1-3,6-7,11,13-14,17,24-26H,4-5H2. The molecule has 1 aromatic carbocycles. The van der Waals surface area contributed by atoms with Crippen molar-refractivity contribution in [2.24, 2.45) is 0 Å². The van der Waals surface area contributed by atoms with Gasteiger partial charge in [-0.05, 0) is 28.0 Å². The zero-order valence-corrected chi connectivity index (χ0v) is 15.7. The molecule has 0 amide bonds. The van der Waals surface area contributed by atoms with E-state index in [1.54, 1.807) is 0 Å². The van der Waals surface area contributed by atoms with Gasteiger partial charge in [0.05, 0.1) is 12.9 Å². The molecule has 1 saturated heterocycles. The Balaban J connectivity index is 1.41. The molecule has 0 aliphatic carbocycles. The fourth-order valence-corrected chi connectivity index (χ4v) is 4.19. The van der Waals surface area contributed by atoms with Crippen LogP contribution in [0.1, 0.15) is 11.8 Å². The van der Waals surface area contributed by atoms with E-state index >= 15 is 0 Å². The maximum Gasteiger partial charge on any atom is 0.166 e. The first-order valence-corrected chi connectivity index (χ1v) is 9.78. The summed E-state index contributed by atoms with van der Waals surface area (Å²) in [6.07, 6.45) is -1.28. The van der Waals surface area contributed by atoms with E-state index in [4.69, 9.17) is 9.37 Å². The van der Waals surface area contributed by atoms with Crippen LogP contribution in [-0.4, -0.2) is 70.1 Å². The Morgan fingerprint density at radius 1 is 1.07 bits per heavy atom. The fraction of sp³-hybridized carbons (Fsp3) is 0.353. The smallest absolute Gasteiger partial charge is 0.166 e. The lowest BCUT2D eigenvalue weighted by Gasteiger charge is -2.16. The Kier molecular flexibility index (Phi) is 4.64. The van der Waals surface area contributed by atoms with Crippen molar-refractivity contribution in [3.63, 3.8) is 0 Å². The highest BCUT2D eigenvalue weighted by Gasteiger charge is 2.44. The topological polar surface area (TPSA) is 152 Å². The summed E-state index contributed by atoms with van der Waals surface area (Å²) in [4.78, 5) is 12.9. The van der Waals surface area contributed by atoms with E-state index in [0.29, 0.717) is 33.0 Å². The third-order valence-corrected chi connectivity index (χ3v) is 5.86. The second-order valence-electron chi connectivity index (χ2n) is 6.61. The van der Waals surface area contributed by atoms with Crippen molar-refractivity contribution in [3.05, 3.63) is 36.4 Å². The third kappa shape index (κ3) is 3.14. The van der Waals surface area contributed by atoms with Crippen LogP contribution in [0.25, 0.3) is 22.2 Å². The molecule has 0 saturated carbocycles. The first-order valence-electron chi connectivity index (χ1n) is 8.79. The van der Waals surface area contributed by atoms with Crippen molar-refractivity contribution < 1.29 is 24.7 Å². The average molecular weight is 416 g/mol. The van der Waals surface area contributed by atoms with Crippen molar-refractivity contribution in [2.75, 3.05) is 6.61 Å². The molecule has 3 N–H and O–H groups in total. The lowest BCUT2D eigenvalue weighted by Crippen LogP contribution is -2.33. The highest BCUT2D eigenvalue weighted by Crippen LogP contribution is 2.33. The predicted octanol–water partition coefficient (Wildman–Crippen LogP) is 0.266. The summed E-state index contributed by atoms with van der Waals surface area (Å²) in [5.41, 5.74) is 3.42. The molecule has 0 bridgehead atoms. The minimum atomic E-state index is -1.21.